The molecule has 3 aliphatic rings. The van der Waals surface area contributed by atoms with E-state index in [4.69, 9.17) is 0 Å². The van der Waals surface area contributed by atoms with Gasteiger partial charge >= 0.3 is 0 Å². The van der Waals surface area contributed by atoms with Crippen LogP contribution in [-0.4, -0.2) is 47.6 Å². The van der Waals surface area contributed by atoms with E-state index >= 15 is 0 Å². The lowest BCUT2D eigenvalue weighted by atomic mass is 9.91. The highest BCUT2D eigenvalue weighted by Crippen LogP contribution is 2.45. The Bertz CT molecular complexity index is 296. The second-order valence-electron chi connectivity index (χ2n) is 7.96. The quantitative estimate of drug-likeness (QED) is 0.751. The number of hydrogen-bond acceptors (Lipinski definition) is 2. The minimum absolute atomic E-state index is 0.414. The predicted octanol–water partition coefficient (Wildman–Crippen LogP) is 3.37. The maximum Gasteiger partial charge on any atom is 0.0153 e. The van der Waals surface area contributed by atoms with Gasteiger partial charge in [0.25, 0.3) is 0 Å². The standard InChI is InChI=1S/C17H32N2/c1-14(18-12-15-11-16(15)13-18)7-8-17(2,3)19-9-5-4-6-10-19/h14-16H,4-13H2,1-3H3. The zero-order chi connectivity index (χ0) is 13.5. The molecule has 0 N–H and O–H groups in total. The Hall–Kier alpha value is -0.0800. The van der Waals surface area contributed by atoms with Crippen LogP contribution >= 0.6 is 0 Å². The molecule has 3 unspecified atom stereocenters. The first-order chi connectivity index (χ1) is 9.06. The lowest BCUT2D eigenvalue weighted by Crippen LogP contribution is -2.47. The molecule has 1 aliphatic carbocycles. The highest BCUT2D eigenvalue weighted by molar-refractivity contribution is 4.98. The number of hydrogen-bond donors (Lipinski definition) is 0. The normalized spacial score (nSPS) is 34.3. The van der Waals surface area contributed by atoms with Crippen molar-refractivity contribution in [3.8, 4) is 0 Å². The average Bonchev–Trinajstić information content (AvgIpc) is 3.03. The largest absolute Gasteiger partial charge is 0.300 e. The number of rotatable bonds is 5. The third-order valence-corrected chi connectivity index (χ3v) is 6.02. The summed E-state index contributed by atoms with van der Waals surface area (Å²) in [4.78, 5) is 5.50. The van der Waals surface area contributed by atoms with Crippen molar-refractivity contribution >= 4 is 0 Å². The van der Waals surface area contributed by atoms with Crippen LogP contribution in [0.2, 0.25) is 0 Å². The molecular weight excluding hydrogens is 232 g/mol. The van der Waals surface area contributed by atoms with Gasteiger partial charge in [-0.05, 0) is 77.8 Å². The Morgan fingerprint density at radius 2 is 1.68 bits per heavy atom. The summed E-state index contributed by atoms with van der Waals surface area (Å²) in [5, 5.41) is 0. The predicted molar refractivity (Wildman–Crippen MR) is 81.4 cm³/mol. The summed E-state index contributed by atoms with van der Waals surface area (Å²) in [6.07, 6.45) is 8.54. The third-order valence-electron chi connectivity index (χ3n) is 6.02. The molecule has 2 aliphatic heterocycles. The Labute approximate surface area is 119 Å². The lowest BCUT2D eigenvalue weighted by Gasteiger charge is -2.42. The van der Waals surface area contributed by atoms with Crippen LogP contribution in [0.5, 0.6) is 0 Å². The Kier molecular flexibility index (Phi) is 3.92. The first kappa shape index (κ1) is 13.9. The van der Waals surface area contributed by atoms with Crippen LogP contribution in [0.3, 0.4) is 0 Å². The Balaban J connectivity index is 1.44. The summed E-state index contributed by atoms with van der Waals surface area (Å²) in [6.45, 7) is 12.8. The van der Waals surface area contributed by atoms with E-state index < -0.39 is 0 Å². The zero-order valence-electron chi connectivity index (χ0n) is 13.2. The van der Waals surface area contributed by atoms with Crippen LogP contribution in [0, 0.1) is 11.8 Å². The fourth-order valence-electron chi connectivity index (χ4n) is 4.20. The SMILES string of the molecule is CC(CCC(C)(C)N1CCCCC1)N1CC2CC2C1. The van der Waals surface area contributed by atoms with Crippen molar-refractivity contribution in [3.63, 3.8) is 0 Å². The van der Waals surface area contributed by atoms with Gasteiger partial charge in [0.2, 0.25) is 0 Å². The molecule has 0 amide bonds. The Morgan fingerprint density at radius 3 is 2.32 bits per heavy atom. The number of likely N-dealkylation sites (tertiary alicyclic amines) is 2. The summed E-state index contributed by atoms with van der Waals surface area (Å²) in [5.41, 5.74) is 0.414. The van der Waals surface area contributed by atoms with E-state index in [1.807, 2.05) is 0 Å². The van der Waals surface area contributed by atoms with Gasteiger partial charge in [-0.15, -0.1) is 0 Å². The zero-order valence-corrected chi connectivity index (χ0v) is 13.2. The van der Waals surface area contributed by atoms with E-state index in [9.17, 15) is 0 Å². The molecule has 2 nitrogen and oxygen atoms in total. The van der Waals surface area contributed by atoms with Crippen molar-refractivity contribution in [2.24, 2.45) is 11.8 Å². The van der Waals surface area contributed by atoms with Crippen molar-refractivity contribution in [2.45, 2.75) is 70.9 Å². The monoisotopic (exact) mass is 264 g/mol. The van der Waals surface area contributed by atoms with E-state index in [1.165, 1.54) is 64.7 Å². The van der Waals surface area contributed by atoms with Crippen LogP contribution in [0.4, 0.5) is 0 Å². The molecule has 3 rings (SSSR count). The first-order valence-corrected chi connectivity index (χ1v) is 8.55. The average molecular weight is 264 g/mol. The molecule has 0 aromatic carbocycles. The van der Waals surface area contributed by atoms with Crippen molar-refractivity contribution in [1.29, 1.82) is 0 Å². The molecule has 0 radical (unpaired) electrons. The molecule has 3 atom stereocenters. The van der Waals surface area contributed by atoms with Crippen LogP contribution < -0.4 is 0 Å². The molecule has 3 fully saturated rings. The highest BCUT2D eigenvalue weighted by Gasteiger charge is 2.46. The smallest absolute Gasteiger partial charge is 0.0153 e. The van der Waals surface area contributed by atoms with E-state index in [2.05, 4.69) is 30.6 Å². The molecule has 2 heterocycles. The van der Waals surface area contributed by atoms with Crippen LogP contribution in [0.15, 0.2) is 0 Å². The van der Waals surface area contributed by atoms with E-state index in [1.54, 1.807) is 0 Å². The molecule has 0 bridgehead atoms. The van der Waals surface area contributed by atoms with Gasteiger partial charge in [-0.2, -0.15) is 0 Å². The molecule has 1 saturated carbocycles. The van der Waals surface area contributed by atoms with E-state index in [-0.39, 0.29) is 0 Å². The van der Waals surface area contributed by atoms with Crippen molar-refractivity contribution in [3.05, 3.63) is 0 Å². The van der Waals surface area contributed by atoms with Gasteiger partial charge in [0.15, 0.2) is 0 Å². The van der Waals surface area contributed by atoms with Crippen LogP contribution in [0.25, 0.3) is 0 Å². The van der Waals surface area contributed by atoms with Gasteiger partial charge in [-0.1, -0.05) is 6.42 Å². The molecule has 19 heavy (non-hydrogen) atoms. The fraction of sp³-hybridized carbons (Fsp3) is 1.00. The molecule has 2 heteroatoms. The molecule has 0 aromatic rings. The number of fused-ring (bicyclic) bond motifs is 1. The van der Waals surface area contributed by atoms with Gasteiger partial charge < -0.3 is 4.90 Å². The summed E-state index contributed by atoms with van der Waals surface area (Å²) in [6, 6.07) is 0.803. The summed E-state index contributed by atoms with van der Waals surface area (Å²) in [5.74, 6) is 2.16. The second kappa shape index (κ2) is 5.37. The van der Waals surface area contributed by atoms with Crippen molar-refractivity contribution in [1.82, 2.24) is 9.80 Å². The van der Waals surface area contributed by atoms with Crippen LogP contribution in [-0.2, 0) is 0 Å². The molecule has 0 aromatic heterocycles. The second-order valence-corrected chi connectivity index (χ2v) is 7.96. The van der Waals surface area contributed by atoms with Gasteiger partial charge in [0.1, 0.15) is 0 Å². The van der Waals surface area contributed by atoms with Gasteiger partial charge in [0.05, 0.1) is 0 Å². The van der Waals surface area contributed by atoms with Gasteiger partial charge in [-0.25, -0.2) is 0 Å². The first-order valence-electron chi connectivity index (χ1n) is 8.55. The molecule has 2 saturated heterocycles. The molecule has 0 spiro atoms. The summed E-state index contributed by atoms with van der Waals surface area (Å²) < 4.78 is 0. The lowest BCUT2D eigenvalue weighted by molar-refractivity contribution is 0.0772. The van der Waals surface area contributed by atoms with E-state index in [0.29, 0.717) is 5.54 Å². The number of nitrogens with zero attached hydrogens (tertiary/aromatic N) is 2. The van der Waals surface area contributed by atoms with E-state index in [0.717, 1.165) is 17.9 Å². The van der Waals surface area contributed by atoms with Gasteiger partial charge in [0, 0.05) is 24.7 Å². The topological polar surface area (TPSA) is 6.48 Å². The van der Waals surface area contributed by atoms with Crippen molar-refractivity contribution < 1.29 is 0 Å². The Morgan fingerprint density at radius 1 is 1.05 bits per heavy atom. The fourth-order valence-corrected chi connectivity index (χ4v) is 4.20. The van der Waals surface area contributed by atoms with Crippen LogP contribution in [0.1, 0.15) is 59.3 Å². The minimum Gasteiger partial charge on any atom is -0.300 e. The van der Waals surface area contributed by atoms with Gasteiger partial charge in [-0.3, -0.25) is 4.90 Å². The maximum absolute atomic E-state index is 2.76. The maximum atomic E-state index is 2.76. The summed E-state index contributed by atoms with van der Waals surface area (Å²) in [7, 11) is 0. The number of piperidine rings is 2. The molecular formula is C17H32N2. The minimum atomic E-state index is 0.414. The summed E-state index contributed by atoms with van der Waals surface area (Å²) >= 11 is 0. The third kappa shape index (κ3) is 3.16. The van der Waals surface area contributed by atoms with Crippen molar-refractivity contribution in [2.75, 3.05) is 26.2 Å². The highest BCUT2D eigenvalue weighted by atomic mass is 15.2. The molecule has 110 valence electrons.